The Bertz CT molecular complexity index is 578. The highest BCUT2D eigenvalue weighted by molar-refractivity contribution is 6.30. The van der Waals surface area contributed by atoms with Crippen molar-refractivity contribution in [3.05, 3.63) is 33.9 Å². The number of hydrogen-bond donors (Lipinski definition) is 0. The zero-order chi connectivity index (χ0) is 14.4. The molecule has 0 spiro atoms. The lowest BCUT2D eigenvalue weighted by molar-refractivity contribution is -0.302. The van der Waals surface area contributed by atoms with Gasteiger partial charge in [-0.15, -0.1) is 0 Å². The van der Waals surface area contributed by atoms with E-state index in [-0.39, 0.29) is 16.3 Å². The first-order valence-corrected chi connectivity index (χ1v) is 5.54. The molecule has 1 aromatic carbocycles. The number of fused-ring (bicyclic) bond motifs is 1. The number of aliphatic carboxylic acids is 1. The van der Waals surface area contributed by atoms with Gasteiger partial charge in [-0.1, -0.05) is 11.6 Å². The molecular weight excluding hydrogens is 285 g/mol. The highest BCUT2D eigenvalue weighted by atomic mass is 35.5. The highest BCUT2D eigenvalue weighted by Crippen LogP contribution is 2.39. The predicted octanol–water partition coefficient (Wildman–Crippen LogP) is 2.11. The molecule has 0 saturated carbocycles. The van der Waals surface area contributed by atoms with Gasteiger partial charge in [-0.3, -0.25) is 0 Å². The third-order valence-electron chi connectivity index (χ3n) is 2.63. The maximum atomic E-state index is 12.8. The summed E-state index contributed by atoms with van der Waals surface area (Å²) < 4.78 is 43.1. The van der Waals surface area contributed by atoms with Crippen molar-refractivity contribution >= 4 is 23.6 Å². The van der Waals surface area contributed by atoms with Gasteiger partial charge >= 0.3 is 6.18 Å². The second-order valence-electron chi connectivity index (χ2n) is 4.07. The van der Waals surface area contributed by atoms with E-state index in [0.29, 0.717) is 5.56 Å². The Morgan fingerprint density at radius 1 is 1.42 bits per heavy atom. The zero-order valence-corrected chi connectivity index (χ0v) is 10.3. The van der Waals surface area contributed by atoms with Gasteiger partial charge in [0.1, 0.15) is 5.75 Å². The largest absolute Gasteiger partial charge is 0.545 e. The van der Waals surface area contributed by atoms with Gasteiger partial charge in [-0.05, 0) is 30.7 Å². The van der Waals surface area contributed by atoms with E-state index >= 15 is 0 Å². The Balaban J connectivity index is 2.61. The van der Waals surface area contributed by atoms with E-state index in [1.165, 1.54) is 19.1 Å². The van der Waals surface area contributed by atoms with Gasteiger partial charge < -0.3 is 14.6 Å². The summed E-state index contributed by atoms with van der Waals surface area (Å²) in [5.41, 5.74) is -0.392. The number of carboxylic acids is 1. The Morgan fingerprint density at radius 3 is 2.58 bits per heavy atom. The maximum Gasteiger partial charge on any atom is 0.429 e. The van der Waals surface area contributed by atoms with Crippen molar-refractivity contribution in [3.63, 3.8) is 0 Å². The number of halogens is 4. The monoisotopic (exact) mass is 291 g/mol. The van der Waals surface area contributed by atoms with Crippen LogP contribution in [0.15, 0.2) is 17.7 Å². The minimum atomic E-state index is -4.84. The van der Waals surface area contributed by atoms with E-state index in [1.54, 1.807) is 0 Å². The summed E-state index contributed by atoms with van der Waals surface area (Å²) in [6.07, 6.45) is -6.49. The van der Waals surface area contributed by atoms with Crippen molar-refractivity contribution in [1.82, 2.24) is 0 Å². The van der Waals surface area contributed by atoms with Crippen molar-refractivity contribution in [3.8, 4) is 5.75 Å². The molecule has 2 rings (SSSR count). The zero-order valence-electron chi connectivity index (χ0n) is 9.55. The average Bonchev–Trinajstić information content (AvgIpc) is 2.25. The molecule has 3 nitrogen and oxygen atoms in total. The fourth-order valence-corrected chi connectivity index (χ4v) is 2.14. The predicted molar refractivity (Wildman–Crippen MR) is 59.6 cm³/mol. The number of alkyl halides is 3. The van der Waals surface area contributed by atoms with Gasteiger partial charge in [0, 0.05) is 16.2 Å². The molecule has 0 amide bonds. The topological polar surface area (TPSA) is 49.4 Å². The number of benzene rings is 1. The molecule has 0 bridgehead atoms. The number of carbonyl (C=O) groups excluding carboxylic acids is 1. The summed E-state index contributed by atoms with van der Waals surface area (Å²) in [5.74, 6) is -1.96. The van der Waals surface area contributed by atoms with E-state index in [9.17, 15) is 23.1 Å². The number of hydrogen-bond acceptors (Lipinski definition) is 3. The third kappa shape index (κ3) is 2.53. The Kier molecular flexibility index (Phi) is 3.22. The molecule has 0 saturated heterocycles. The molecule has 1 aromatic rings. The maximum absolute atomic E-state index is 12.8. The van der Waals surface area contributed by atoms with Gasteiger partial charge in [-0.2, -0.15) is 13.2 Å². The molecule has 102 valence electrons. The van der Waals surface area contributed by atoms with E-state index in [0.717, 1.165) is 6.08 Å². The van der Waals surface area contributed by atoms with Gasteiger partial charge in [-0.25, -0.2) is 0 Å². The number of ether oxygens (including phenoxy) is 1. The fourth-order valence-electron chi connectivity index (χ4n) is 1.86. The first kappa shape index (κ1) is 13.7. The third-order valence-corrected chi connectivity index (χ3v) is 2.85. The Morgan fingerprint density at radius 2 is 2.05 bits per heavy atom. The standard InChI is InChI=1S/C12H8ClF3O3/c1-5-2-7(13)3-6-4-8(11(17)18)10(12(14,15)16)19-9(5)6/h2-4,10H,1H3,(H,17,18)/p-1/t10-/m0/s1. The number of rotatable bonds is 1. The summed E-state index contributed by atoms with van der Waals surface area (Å²) in [4.78, 5) is 10.8. The normalized spacial score (nSPS) is 18.4. The molecule has 1 aliphatic rings. The number of carboxylic acid groups (broad SMARTS) is 1. The van der Waals surface area contributed by atoms with Crippen LogP contribution in [0.1, 0.15) is 11.1 Å². The minimum absolute atomic E-state index is 0.0308. The van der Waals surface area contributed by atoms with Crippen molar-refractivity contribution in [2.24, 2.45) is 0 Å². The van der Waals surface area contributed by atoms with Crippen LogP contribution in [-0.2, 0) is 4.79 Å². The van der Waals surface area contributed by atoms with Crippen molar-refractivity contribution < 1.29 is 27.8 Å². The minimum Gasteiger partial charge on any atom is -0.545 e. The SMILES string of the molecule is Cc1cc(Cl)cc2c1O[C@H](C(F)(F)F)C(C(=O)[O-])=C2. The van der Waals surface area contributed by atoms with Gasteiger partial charge in [0.2, 0.25) is 6.10 Å². The molecule has 0 fully saturated rings. The first-order valence-electron chi connectivity index (χ1n) is 5.16. The summed E-state index contributed by atoms with van der Waals surface area (Å²) in [7, 11) is 0. The van der Waals surface area contributed by atoms with E-state index in [4.69, 9.17) is 16.3 Å². The molecule has 0 unspecified atom stereocenters. The van der Waals surface area contributed by atoms with Crippen molar-refractivity contribution in [2.75, 3.05) is 0 Å². The van der Waals surface area contributed by atoms with Gasteiger partial charge in [0.25, 0.3) is 0 Å². The fraction of sp³-hybridized carbons (Fsp3) is 0.250. The smallest absolute Gasteiger partial charge is 0.429 e. The molecule has 1 atom stereocenters. The van der Waals surface area contributed by atoms with Crippen LogP contribution in [0.2, 0.25) is 5.02 Å². The second kappa shape index (κ2) is 4.45. The molecule has 0 radical (unpaired) electrons. The lowest BCUT2D eigenvalue weighted by atomic mass is 9.99. The summed E-state index contributed by atoms with van der Waals surface area (Å²) in [6.45, 7) is 1.52. The molecule has 0 N–H and O–H groups in total. The average molecular weight is 292 g/mol. The lowest BCUT2D eigenvalue weighted by Gasteiger charge is -2.30. The molecule has 1 aliphatic heterocycles. The number of carbonyl (C=O) groups is 1. The van der Waals surface area contributed by atoms with Crippen LogP contribution < -0.4 is 9.84 Å². The van der Waals surface area contributed by atoms with Crippen LogP contribution >= 0.6 is 11.6 Å². The Labute approximate surface area is 111 Å². The summed E-state index contributed by atoms with van der Waals surface area (Å²) in [5, 5.41) is 11.1. The molecule has 19 heavy (non-hydrogen) atoms. The van der Waals surface area contributed by atoms with Crippen LogP contribution in [-0.4, -0.2) is 18.2 Å². The van der Waals surface area contributed by atoms with E-state index in [1.807, 2.05) is 0 Å². The van der Waals surface area contributed by atoms with E-state index < -0.39 is 23.8 Å². The summed E-state index contributed by atoms with van der Waals surface area (Å²) in [6, 6.07) is 2.77. The van der Waals surface area contributed by atoms with Crippen LogP contribution in [0.5, 0.6) is 5.75 Å². The molecule has 1 heterocycles. The first-order chi connectivity index (χ1) is 8.70. The molecule has 0 aliphatic carbocycles. The molecule has 7 heteroatoms. The van der Waals surface area contributed by atoms with Crippen molar-refractivity contribution in [1.29, 1.82) is 0 Å². The van der Waals surface area contributed by atoms with Crippen LogP contribution in [0, 0.1) is 6.92 Å². The Hall–Kier alpha value is -1.69. The van der Waals surface area contributed by atoms with Crippen LogP contribution in [0.3, 0.4) is 0 Å². The molecule has 0 aromatic heterocycles. The van der Waals surface area contributed by atoms with Crippen molar-refractivity contribution in [2.45, 2.75) is 19.2 Å². The van der Waals surface area contributed by atoms with Crippen LogP contribution in [0.4, 0.5) is 13.2 Å². The van der Waals surface area contributed by atoms with E-state index in [2.05, 4.69) is 0 Å². The summed E-state index contributed by atoms with van der Waals surface area (Å²) >= 11 is 5.77. The quantitative estimate of drug-likeness (QED) is 0.796. The van der Waals surface area contributed by atoms with Gasteiger partial charge in [0.05, 0.1) is 5.97 Å². The van der Waals surface area contributed by atoms with Gasteiger partial charge in [0.15, 0.2) is 0 Å². The number of aryl methyl sites for hydroxylation is 1. The van der Waals surface area contributed by atoms with Crippen LogP contribution in [0.25, 0.3) is 6.08 Å². The second-order valence-corrected chi connectivity index (χ2v) is 4.50. The molecular formula is C12H7ClF3O3-. The highest BCUT2D eigenvalue weighted by Gasteiger charge is 2.46. The lowest BCUT2D eigenvalue weighted by Crippen LogP contribution is -2.44.